The van der Waals surface area contributed by atoms with E-state index in [1.165, 1.54) is 23.1 Å². The molecule has 0 radical (unpaired) electrons. The van der Waals surface area contributed by atoms with Gasteiger partial charge < -0.3 is 4.90 Å². The van der Waals surface area contributed by atoms with Crippen LogP contribution in [0.2, 0.25) is 5.02 Å². The Labute approximate surface area is 168 Å². The van der Waals surface area contributed by atoms with E-state index in [1.807, 2.05) is 11.8 Å². The minimum atomic E-state index is -3.92. The number of carbonyl (C=O) groups is 1. The van der Waals surface area contributed by atoms with Crippen LogP contribution in [0, 0.1) is 12.7 Å². The van der Waals surface area contributed by atoms with Gasteiger partial charge in [-0.15, -0.1) is 0 Å². The number of rotatable bonds is 4. The fourth-order valence-corrected chi connectivity index (χ4v) is 4.17. The fraction of sp³-hybridized carbons (Fsp3) is 0.316. The predicted molar refractivity (Wildman–Crippen MR) is 105 cm³/mol. The summed E-state index contributed by atoms with van der Waals surface area (Å²) in [5.41, 5.74) is 1.35. The van der Waals surface area contributed by atoms with E-state index in [4.69, 9.17) is 11.6 Å². The molecule has 0 unspecified atom stereocenters. The third-order valence-electron chi connectivity index (χ3n) is 4.66. The van der Waals surface area contributed by atoms with Crippen molar-refractivity contribution in [3.05, 3.63) is 64.4 Å². The third kappa shape index (κ3) is 4.81. The van der Waals surface area contributed by atoms with Crippen molar-refractivity contribution in [3.63, 3.8) is 0 Å². The zero-order valence-electron chi connectivity index (χ0n) is 15.4. The van der Waals surface area contributed by atoms with Gasteiger partial charge in [0.1, 0.15) is 5.82 Å². The average Bonchev–Trinajstić information content (AvgIpc) is 2.65. The van der Waals surface area contributed by atoms with Gasteiger partial charge in [-0.05, 0) is 31.2 Å². The SMILES string of the molecule is Cc1ccc(S(=O)(=O)NC(=O)N2CCN(Cc3c(F)cccc3Cl)CC2)cc1. The smallest absolute Gasteiger partial charge is 0.321 e. The average molecular weight is 426 g/mol. The van der Waals surface area contributed by atoms with E-state index in [-0.39, 0.29) is 10.7 Å². The van der Waals surface area contributed by atoms with Gasteiger partial charge in [0.25, 0.3) is 10.0 Å². The number of amides is 2. The Kier molecular flexibility index (Phi) is 6.22. The Morgan fingerprint density at radius 1 is 1.11 bits per heavy atom. The number of sulfonamides is 1. The fourth-order valence-electron chi connectivity index (χ4n) is 2.97. The molecular weight excluding hydrogens is 405 g/mol. The minimum Gasteiger partial charge on any atom is -0.321 e. The summed E-state index contributed by atoms with van der Waals surface area (Å²) in [7, 11) is -3.92. The molecule has 2 amide bonds. The maximum Gasteiger partial charge on any atom is 0.331 e. The second-order valence-corrected chi connectivity index (χ2v) is 8.78. The number of hydrogen-bond donors (Lipinski definition) is 1. The number of aryl methyl sites for hydroxylation is 1. The minimum absolute atomic E-state index is 0.0410. The molecule has 1 aliphatic rings. The second-order valence-electron chi connectivity index (χ2n) is 6.69. The maximum absolute atomic E-state index is 13.9. The van der Waals surface area contributed by atoms with E-state index in [1.54, 1.807) is 24.3 Å². The second kappa shape index (κ2) is 8.46. The van der Waals surface area contributed by atoms with Crippen LogP contribution < -0.4 is 4.72 Å². The molecular formula is C19H21ClFN3O3S. The first-order chi connectivity index (χ1) is 13.3. The largest absolute Gasteiger partial charge is 0.331 e. The Morgan fingerprint density at radius 2 is 1.75 bits per heavy atom. The standard InChI is InChI=1S/C19H21ClFN3O3S/c1-14-5-7-15(8-6-14)28(26,27)22-19(25)24-11-9-23(10-12-24)13-16-17(20)3-2-4-18(16)21/h2-8H,9-13H2,1H3,(H,22,25). The van der Waals surface area contributed by atoms with Crippen LogP contribution in [0.4, 0.5) is 9.18 Å². The van der Waals surface area contributed by atoms with Gasteiger partial charge in [0.05, 0.1) is 4.90 Å². The number of halogens is 2. The molecule has 1 N–H and O–H groups in total. The Hall–Kier alpha value is -2.16. The van der Waals surface area contributed by atoms with Crippen molar-refractivity contribution in [1.29, 1.82) is 0 Å². The molecule has 28 heavy (non-hydrogen) atoms. The first-order valence-corrected chi connectivity index (χ1v) is 10.7. The molecule has 0 spiro atoms. The molecule has 0 aromatic heterocycles. The molecule has 0 aliphatic carbocycles. The summed E-state index contributed by atoms with van der Waals surface area (Å²) >= 11 is 6.06. The highest BCUT2D eigenvalue weighted by atomic mass is 35.5. The zero-order chi connectivity index (χ0) is 20.3. The van der Waals surface area contributed by atoms with Crippen LogP contribution in [0.5, 0.6) is 0 Å². The van der Waals surface area contributed by atoms with Crippen molar-refractivity contribution in [2.45, 2.75) is 18.4 Å². The van der Waals surface area contributed by atoms with E-state index in [0.29, 0.717) is 43.3 Å². The summed E-state index contributed by atoms with van der Waals surface area (Å²) in [5, 5.41) is 0.365. The number of piperazine rings is 1. The molecule has 0 atom stereocenters. The first-order valence-electron chi connectivity index (χ1n) is 8.80. The number of nitrogens with zero attached hydrogens (tertiary/aromatic N) is 2. The van der Waals surface area contributed by atoms with Gasteiger partial charge in [0.2, 0.25) is 0 Å². The number of benzene rings is 2. The van der Waals surface area contributed by atoms with Crippen LogP contribution in [-0.4, -0.2) is 50.4 Å². The molecule has 1 saturated heterocycles. The summed E-state index contributed by atoms with van der Waals surface area (Å²) in [4.78, 5) is 15.8. The van der Waals surface area contributed by atoms with Gasteiger partial charge in [0.15, 0.2) is 0 Å². The van der Waals surface area contributed by atoms with Gasteiger partial charge >= 0.3 is 6.03 Å². The lowest BCUT2D eigenvalue weighted by atomic mass is 10.2. The maximum atomic E-state index is 13.9. The quantitative estimate of drug-likeness (QED) is 0.817. The van der Waals surface area contributed by atoms with Crippen LogP contribution in [0.15, 0.2) is 47.4 Å². The molecule has 6 nitrogen and oxygen atoms in total. The molecule has 1 heterocycles. The van der Waals surface area contributed by atoms with E-state index in [0.717, 1.165) is 5.56 Å². The van der Waals surface area contributed by atoms with Crippen molar-refractivity contribution in [2.24, 2.45) is 0 Å². The van der Waals surface area contributed by atoms with Crippen molar-refractivity contribution in [3.8, 4) is 0 Å². The molecule has 9 heteroatoms. The monoisotopic (exact) mass is 425 g/mol. The molecule has 2 aromatic carbocycles. The van der Waals surface area contributed by atoms with E-state index in [2.05, 4.69) is 4.72 Å². The van der Waals surface area contributed by atoms with Crippen LogP contribution >= 0.6 is 11.6 Å². The lowest BCUT2D eigenvalue weighted by Crippen LogP contribution is -2.52. The number of nitrogens with one attached hydrogen (secondary N) is 1. The van der Waals surface area contributed by atoms with E-state index < -0.39 is 16.1 Å². The predicted octanol–water partition coefficient (Wildman–Crippen LogP) is 3.00. The van der Waals surface area contributed by atoms with Gasteiger partial charge in [-0.1, -0.05) is 35.4 Å². The lowest BCUT2D eigenvalue weighted by molar-refractivity contribution is 0.137. The van der Waals surface area contributed by atoms with Gasteiger partial charge in [-0.2, -0.15) is 0 Å². The van der Waals surface area contributed by atoms with Gasteiger partial charge in [-0.3, -0.25) is 4.90 Å². The summed E-state index contributed by atoms with van der Waals surface area (Å²) in [6.07, 6.45) is 0. The molecule has 1 aliphatic heterocycles. The summed E-state index contributed by atoms with van der Waals surface area (Å²) in [6, 6.07) is 10.2. The molecule has 0 saturated carbocycles. The summed E-state index contributed by atoms with van der Waals surface area (Å²) in [5.74, 6) is -0.364. The molecule has 0 bridgehead atoms. The molecule has 1 fully saturated rings. The van der Waals surface area contributed by atoms with Crippen LogP contribution in [-0.2, 0) is 16.6 Å². The molecule has 150 valence electrons. The van der Waals surface area contributed by atoms with Crippen LogP contribution in [0.25, 0.3) is 0 Å². The van der Waals surface area contributed by atoms with Gasteiger partial charge in [0, 0.05) is 43.3 Å². The lowest BCUT2D eigenvalue weighted by Gasteiger charge is -2.34. The van der Waals surface area contributed by atoms with Crippen LogP contribution in [0.1, 0.15) is 11.1 Å². The number of hydrogen-bond acceptors (Lipinski definition) is 4. The van der Waals surface area contributed by atoms with Crippen molar-refractivity contribution in [2.75, 3.05) is 26.2 Å². The van der Waals surface area contributed by atoms with Crippen molar-refractivity contribution in [1.82, 2.24) is 14.5 Å². The van der Waals surface area contributed by atoms with E-state index >= 15 is 0 Å². The normalized spacial score (nSPS) is 15.5. The zero-order valence-corrected chi connectivity index (χ0v) is 16.9. The van der Waals surface area contributed by atoms with Crippen molar-refractivity contribution < 1.29 is 17.6 Å². The number of carbonyl (C=O) groups excluding carboxylic acids is 1. The highest BCUT2D eigenvalue weighted by Gasteiger charge is 2.26. The first kappa shape index (κ1) is 20.6. The Balaban J connectivity index is 1.57. The highest BCUT2D eigenvalue weighted by molar-refractivity contribution is 7.90. The third-order valence-corrected chi connectivity index (χ3v) is 6.35. The van der Waals surface area contributed by atoms with Crippen LogP contribution in [0.3, 0.4) is 0 Å². The summed E-state index contributed by atoms with van der Waals surface area (Å²) < 4.78 is 40.7. The van der Waals surface area contributed by atoms with Crippen molar-refractivity contribution >= 4 is 27.7 Å². The topological polar surface area (TPSA) is 69.7 Å². The Bertz CT molecular complexity index is 939. The van der Waals surface area contributed by atoms with E-state index in [9.17, 15) is 17.6 Å². The van der Waals surface area contributed by atoms with Gasteiger partial charge in [-0.25, -0.2) is 22.3 Å². The summed E-state index contributed by atoms with van der Waals surface area (Å²) in [6.45, 7) is 3.83. The number of urea groups is 1. The highest BCUT2D eigenvalue weighted by Crippen LogP contribution is 2.21. The molecule has 3 rings (SSSR count). The Morgan fingerprint density at radius 3 is 2.36 bits per heavy atom. The molecule has 2 aromatic rings.